The molecule has 0 aliphatic heterocycles. The van der Waals surface area contributed by atoms with Crippen LogP contribution >= 0.6 is 0 Å². The van der Waals surface area contributed by atoms with Crippen LogP contribution in [0.5, 0.6) is 0 Å². The lowest BCUT2D eigenvalue weighted by atomic mass is 9.92. The fraction of sp³-hybridized carbons (Fsp3) is 0.0286. The minimum absolute atomic E-state index is 0.946. The zero-order chi connectivity index (χ0) is 22.9. The van der Waals surface area contributed by atoms with Crippen molar-refractivity contribution >= 4 is 43.1 Å². The Morgan fingerprint density at radius 1 is 0.371 bits per heavy atom. The van der Waals surface area contributed by atoms with Gasteiger partial charge in [0.1, 0.15) is 0 Å². The zero-order valence-electron chi connectivity index (χ0n) is 19.3. The highest BCUT2D eigenvalue weighted by Gasteiger charge is 2.24. The highest BCUT2D eigenvalue weighted by atomic mass is 14.3. The Morgan fingerprint density at radius 3 is 2.06 bits per heavy atom. The van der Waals surface area contributed by atoms with E-state index in [-0.39, 0.29) is 0 Å². The number of rotatable bonds is 2. The Morgan fingerprint density at radius 2 is 1.11 bits per heavy atom. The molecule has 0 fully saturated rings. The molecule has 35 heavy (non-hydrogen) atoms. The maximum Gasteiger partial charge on any atom is -0.00196 e. The molecular weight excluding hydrogens is 420 g/mol. The van der Waals surface area contributed by atoms with E-state index >= 15 is 0 Å². The van der Waals surface area contributed by atoms with Crippen LogP contribution < -0.4 is 0 Å². The Hall–Kier alpha value is -4.42. The lowest BCUT2D eigenvalue weighted by Gasteiger charge is -2.11. The molecule has 7 aromatic rings. The summed E-state index contributed by atoms with van der Waals surface area (Å²) in [5.74, 6) is 0. The van der Waals surface area contributed by atoms with Gasteiger partial charge in [0, 0.05) is 0 Å². The molecule has 0 unspecified atom stereocenters. The van der Waals surface area contributed by atoms with Gasteiger partial charge >= 0.3 is 0 Å². The molecule has 162 valence electrons. The summed E-state index contributed by atoms with van der Waals surface area (Å²) in [6, 6.07) is 45.0. The van der Waals surface area contributed by atoms with Crippen molar-refractivity contribution in [3.8, 4) is 22.3 Å². The molecule has 8 rings (SSSR count). The van der Waals surface area contributed by atoms with Gasteiger partial charge in [0.05, 0.1) is 0 Å². The maximum atomic E-state index is 2.45. The second-order valence-corrected chi connectivity index (χ2v) is 9.73. The average Bonchev–Trinajstić information content (AvgIpc) is 3.22. The quantitative estimate of drug-likeness (QED) is 0.234. The Balaban J connectivity index is 1.45. The van der Waals surface area contributed by atoms with E-state index in [0.29, 0.717) is 0 Å². The number of benzene rings is 7. The van der Waals surface area contributed by atoms with Gasteiger partial charge in [0.15, 0.2) is 0 Å². The van der Waals surface area contributed by atoms with Crippen molar-refractivity contribution in [2.24, 2.45) is 0 Å². The van der Waals surface area contributed by atoms with Gasteiger partial charge in [-0.3, -0.25) is 0 Å². The van der Waals surface area contributed by atoms with E-state index < -0.39 is 0 Å². The zero-order valence-corrected chi connectivity index (χ0v) is 19.3. The molecule has 0 spiro atoms. The molecule has 0 bridgehead atoms. The third-order valence-electron chi connectivity index (χ3n) is 7.81. The maximum absolute atomic E-state index is 2.45. The van der Waals surface area contributed by atoms with Gasteiger partial charge in [0.2, 0.25) is 0 Å². The minimum Gasteiger partial charge on any atom is -0.0622 e. The molecule has 0 radical (unpaired) electrons. The first-order valence-electron chi connectivity index (χ1n) is 12.3. The molecule has 0 heterocycles. The van der Waals surface area contributed by atoms with Crippen molar-refractivity contribution in [2.45, 2.75) is 6.42 Å². The molecular formula is C35H22. The van der Waals surface area contributed by atoms with E-state index in [9.17, 15) is 0 Å². The summed E-state index contributed by atoms with van der Waals surface area (Å²) in [5, 5.41) is 10.7. The molecule has 0 aromatic heterocycles. The molecule has 0 heteroatoms. The molecule has 7 aromatic carbocycles. The molecule has 0 atom stereocenters. The molecule has 0 saturated carbocycles. The fourth-order valence-electron chi connectivity index (χ4n) is 6.21. The summed E-state index contributed by atoms with van der Waals surface area (Å²) in [6.45, 7) is 0. The number of hydrogen-bond acceptors (Lipinski definition) is 0. The van der Waals surface area contributed by atoms with E-state index in [2.05, 4.69) is 121 Å². The first-order chi connectivity index (χ1) is 17.3. The van der Waals surface area contributed by atoms with Crippen LogP contribution in [0.15, 0.2) is 121 Å². The Kier molecular flexibility index (Phi) is 3.81. The summed E-state index contributed by atoms with van der Waals surface area (Å²) >= 11 is 0. The second-order valence-electron chi connectivity index (χ2n) is 9.73. The molecule has 0 saturated heterocycles. The third kappa shape index (κ3) is 2.68. The summed E-state index contributed by atoms with van der Waals surface area (Å²) < 4.78 is 0. The topological polar surface area (TPSA) is 0 Å². The summed E-state index contributed by atoms with van der Waals surface area (Å²) in [6.07, 6.45) is 0.946. The summed E-state index contributed by atoms with van der Waals surface area (Å²) in [5.41, 5.74) is 8.18. The van der Waals surface area contributed by atoms with E-state index in [4.69, 9.17) is 0 Å². The Labute approximate surface area is 204 Å². The van der Waals surface area contributed by atoms with Crippen molar-refractivity contribution in [1.29, 1.82) is 0 Å². The summed E-state index contributed by atoms with van der Waals surface area (Å²) in [7, 11) is 0. The van der Waals surface area contributed by atoms with Crippen molar-refractivity contribution in [1.82, 2.24) is 0 Å². The predicted molar refractivity (Wildman–Crippen MR) is 150 cm³/mol. The molecule has 1 aliphatic carbocycles. The monoisotopic (exact) mass is 442 g/mol. The van der Waals surface area contributed by atoms with Crippen LogP contribution in [0.25, 0.3) is 65.3 Å². The van der Waals surface area contributed by atoms with E-state index in [1.807, 2.05) is 0 Å². The highest BCUT2D eigenvalue weighted by Crippen LogP contribution is 2.51. The largest absolute Gasteiger partial charge is 0.0622 e. The average molecular weight is 443 g/mol. The molecule has 0 amide bonds. The second kappa shape index (κ2) is 7.04. The predicted octanol–water partition coefficient (Wildman–Crippen LogP) is 9.54. The SMILES string of the molecule is c1ccc(Cc2cccc3cc4c(cc23)-c2cc3c5ccccc5ccc3c3cccc-4c23)cc1. The van der Waals surface area contributed by atoms with Gasteiger partial charge in [0.25, 0.3) is 0 Å². The van der Waals surface area contributed by atoms with Gasteiger partial charge in [-0.25, -0.2) is 0 Å². The first-order valence-corrected chi connectivity index (χ1v) is 12.3. The van der Waals surface area contributed by atoms with Gasteiger partial charge < -0.3 is 0 Å². The van der Waals surface area contributed by atoms with Crippen LogP contribution in [-0.2, 0) is 6.42 Å². The third-order valence-corrected chi connectivity index (χ3v) is 7.81. The van der Waals surface area contributed by atoms with E-state index in [1.54, 1.807) is 0 Å². The summed E-state index contributed by atoms with van der Waals surface area (Å²) in [4.78, 5) is 0. The number of hydrogen-bond donors (Lipinski definition) is 0. The van der Waals surface area contributed by atoms with Crippen LogP contribution in [0.1, 0.15) is 11.1 Å². The minimum atomic E-state index is 0.946. The van der Waals surface area contributed by atoms with Crippen LogP contribution in [0.4, 0.5) is 0 Å². The van der Waals surface area contributed by atoms with Crippen LogP contribution in [-0.4, -0.2) is 0 Å². The van der Waals surface area contributed by atoms with E-state index in [0.717, 1.165) is 6.42 Å². The fourth-order valence-corrected chi connectivity index (χ4v) is 6.21. The van der Waals surface area contributed by atoms with Crippen molar-refractivity contribution in [2.75, 3.05) is 0 Å². The van der Waals surface area contributed by atoms with Gasteiger partial charge in [-0.1, -0.05) is 103 Å². The van der Waals surface area contributed by atoms with Crippen LogP contribution in [0.3, 0.4) is 0 Å². The molecule has 0 nitrogen and oxygen atoms in total. The smallest absolute Gasteiger partial charge is 0.00196 e. The number of fused-ring (bicyclic) bond motifs is 8. The van der Waals surface area contributed by atoms with Crippen LogP contribution in [0, 0.1) is 0 Å². The highest BCUT2D eigenvalue weighted by molar-refractivity contribution is 6.27. The van der Waals surface area contributed by atoms with E-state index in [1.165, 1.54) is 76.5 Å². The van der Waals surface area contributed by atoms with Crippen molar-refractivity contribution < 1.29 is 0 Å². The van der Waals surface area contributed by atoms with Crippen LogP contribution in [0.2, 0.25) is 0 Å². The molecule has 1 aliphatic rings. The van der Waals surface area contributed by atoms with Gasteiger partial charge in [-0.05, 0) is 101 Å². The lowest BCUT2D eigenvalue weighted by Crippen LogP contribution is -1.90. The standard InChI is InChI=1S/C35H22/c1-2-8-22(9-3-1)18-24-11-6-12-25-19-31-29-15-7-14-28-27-17-16-23-10-4-5-13-26(23)32(27)21-34(35(28)29)33(31)20-30(24)25/h1-17,19-21H,18H2. The van der Waals surface area contributed by atoms with Crippen molar-refractivity contribution in [3.63, 3.8) is 0 Å². The van der Waals surface area contributed by atoms with Gasteiger partial charge in [-0.15, -0.1) is 0 Å². The van der Waals surface area contributed by atoms with Gasteiger partial charge in [-0.2, -0.15) is 0 Å². The Bertz CT molecular complexity index is 1960. The normalized spacial score (nSPS) is 12.1. The lowest BCUT2D eigenvalue weighted by molar-refractivity contribution is 1.21. The van der Waals surface area contributed by atoms with Crippen molar-refractivity contribution in [3.05, 3.63) is 132 Å². The molecule has 0 N–H and O–H groups in total. The first kappa shape index (κ1) is 18.9.